The number of hydrogen-bond acceptors (Lipinski definition) is 4. The fourth-order valence-electron chi connectivity index (χ4n) is 2.36. The van der Waals surface area contributed by atoms with Crippen LogP contribution in [0.25, 0.3) is 0 Å². The van der Waals surface area contributed by atoms with Gasteiger partial charge in [-0.3, -0.25) is 19.8 Å². The van der Waals surface area contributed by atoms with E-state index in [-0.39, 0.29) is 17.5 Å². The van der Waals surface area contributed by atoms with Gasteiger partial charge in [-0.25, -0.2) is 5.48 Å². The van der Waals surface area contributed by atoms with E-state index in [4.69, 9.17) is 5.21 Å². The van der Waals surface area contributed by atoms with Crippen LogP contribution < -0.4 is 10.8 Å². The number of hydroxylamine groups is 1. The molecule has 7 nitrogen and oxygen atoms in total. The zero-order valence-corrected chi connectivity index (χ0v) is 13.1. The van der Waals surface area contributed by atoms with Crippen molar-refractivity contribution in [1.29, 1.82) is 0 Å². The van der Waals surface area contributed by atoms with Gasteiger partial charge in [0.25, 0.3) is 11.8 Å². The number of hydrogen-bond donors (Lipinski definition) is 3. The lowest BCUT2D eigenvalue weighted by atomic mass is 10.1. The Hall–Kier alpha value is -2.67. The van der Waals surface area contributed by atoms with Crippen molar-refractivity contribution in [3.05, 3.63) is 53.6 Å². The predicted molar refractivity (Wildman–Crippen MR) is 84.0 cm³/mol. The molecule has 0 aliphatic carbocycles. The minimum atomic E-state index is -0.613. The van der Waals surface area contributed by atoms with Gasteiger partial charge in [0, 0.05) is 25.0 Å². The molecule has 0 aromatic carbocycles. The van der Waals surface area contributed by atoms with Crippen LogP contribution in [0.4, 0.5) is 0 Å². The van der Waals surface area contributed by atoms with Crippen LogP contribution in [0.1, 0.15) is 52.3 Å². The third-order valence-electron chi connectivity index (χ3n) is 3.56. The average Bonchev–Trinajstić information content (AvgIpc) is 3.00. The van der Waals surface area contributed by atoms with E-state index >= 15 is 0 Å². The molecule has 122 valence electrons. The van der Waals surface area contributed by atoms with Crippen LogP contribution in [-0.4, -0.2) is 26.6 Å². The topological polar surface area (TPSA) is 96.2 Å². The Labute approximate surface area is 134 Å². The molecule has 2 aromatic rings. The molecule has 3 N–H and O–H groups in total. The van der Waals surface area contributed by atoms with E-state index in [1.165, 1.54) is 12.3 Å². The van der Waals surface area contributed by atoms with Gasteiger partial charge in [0.2, 0.25) is 0 Å². The molecule has 2 heterocycles. The number of pyridine rings is 1. The Kier molecular flexibility index (Phi) is 5.48. The summed E-state index contributed by atoms with van der Waals surface area (Å²) in [7, 11) is 1.80. The molecule has 0 radical (unpaired) electrons. The number of nitrogens with one attached hydrogen (secondary N) is 2. The zero-order valence-electron chi connectivity index (χ0n) is 13.1. The highest BCUT2D eigenvalue weighted by atomic mass is 16.5. The molecular weight excluding hydrogens is 296 g/mol. The van der Waals surface area contributed by atoms with Crippen molar-refractivity contribution in [2.75, 3.05) is 0 Å². The van der Waals surface area contributed by atoms with Crippen LogP contribution in [0.2, 0.25) is 0 Å². The van der Waals surface area contributed by atoms with Gasteiger partial charge in [-0.05, 0) is 30.7 Å². The van der Waals surface area contributed by atoms with Gasteiger partial charge in [-0.15, -0.1) is 0 Å². The molecule has 23 heavy (non-hydrogen) atoms. The van der Waals surface area contributed by atoms with Crippen molar-refractivity contribution >= 4 is 11.8 Å². The molecule has 0 unspecified atom stereocenters. The highest BCUT2D eigenvalue weighted by molar-refractivity contribution is 5.94. The maximum atomic E-state index is 12.4. The summed E-state index contributed by atoms with van der Waals surface area (Å²) in [5, 5.41) is 11.7. The largest absolute Gasteiger partial charge is 0.347 e. The summed E-state index contributed by atoms with van der Waals surface area (Å²) in [6.07, 6.45) is 4.81. The molecule has 0 aliphatic rings. The van der Waals surface area contributed by atoms with Crippen molar-refractivity contribution in [3.8, 4) is 0 Å². The normalized spacial score (nSPS) is 11.8. The first-order valence-corrected chi connectivity index (χ1v) is 7.39. The first-order chi connectivity index (χ1) is 11.1. The van der Waals surface area contributed by atoms with Crippen molar-refractivity contribution < 1.29 is 14.8 Å². The summed E-state index contributed by atoms with van der Waals surface area (Å²) < 4.78 is 1.74. The van der Waals surface area contributed by atoms with E-state index in [1.54, 1.807) is 41.5 Å². The molecule has 7 heteroatoms. The summed E-state index contributed by atoms with van der Waals surface area (Å²) in [5.41, 5.74) is 3.01. The minimum absolute atomic E-state index is 0.199. The Bertz CT molecular complexity index is 696. The fourth-order valence-corrected chi connectivity index (χ4v) is 2.36. The van der Waals surface area contributed by atoms with Crippen LogP contribution in [0, 0.1) is 0 Å². The fraction of sp³-hybridized carbons (Fsp3) is 0.312. The van der Waals surface area contributed by atoms with Crippen molar-refractivity contribution in [3.63, 3.8) is 0 Å². The second-order valence-electron chi connectivity index (χ2n) is 5.23. The highest BCUT2D eigenvalue weighted by Gasteiger charge is 2.19. The van der Waals surface area contributed by atoms with Gasteiger partial charge >= 0.3 is 0 Å². The number of aromatic nitrogens is 2. The van der Waals surface area contributed by atoms with Crippen LogP contribution in [-0.2, 0) is 7.05 Å². The van der Waals surface area contributed by atoms with Crippen LogP contribution in [0.5, 0.6) is 0 Å². The molecular formula is C16H20N4O3. The first-order valence-electron chi connectivity index (χ1n) is 7.39. The SMILES string of the molecule is CCC[C@H](NC(=O)c1cccn1C)c1cc(C(=O)NO)ccn1. The van der Waals surface area contributed by atoms with Crippen LogP contribution >= 0.6 is 0 Å². The molecule has 2 aromatic heterocycles. The lowest BCUT2D eigenvalue weighted by Crippen LogP contribution is -2.30. The molecule has 0 saturated carbocycles. The number of rotatable bonds is 6. The third-order valence-corrected chi connectivity index (χ3v) is 3.56. The summed E-state index contributed by atoms with van der Waals surface area (Å²) in [5.74, 6) is -0.813. The Morgan fingerprint density at radius 3 is 2.74 bits per heavy atom. The second kappa shape index (κ2) is 7.55. The minimum Gasteiger partial charge on any atom is -0.347 e. The summed E-state index contributed by atoms with van der Waals surface area (Å²) in [6, 6.07) is 6.29. The van der Waals surface area contributed by atoms with E-state index in [9.17, 15) is 9.59 Å². The van der Waals surface area contributed by atoms with E-state index in [0.717, 1.165) is 6.42 Å². The maximum absolute atomic E-state index is 12.4. The van der Waals surface area contributed by atoms with Gasteiger partial charge < -0.3 is 9.88 Å². The molecule has 0 saturated heterocycles. The molecule has 0 spiro atoms. The maximum Gasteiger partial charge on any atom is 0.274 e. The number of amides is 2. The number of carbonyl (C=O) groups is 2. The van der Waals surface area contributed by atoms with Gasteiger partial charge in [0.1, 0.15) is 5.69 Å². The highest BCUT2D eigenvalue weighted by Crippen LogP contribution is 2.18. The third kappa shape index (κ3) is 3.95. The monoisotopic (exact) mass is 316 g/mol. The standard InChI is InChI=1S/C16H20N4O3/c1-3-5-12(18-16(22)14-6-4-9-20(14)2)13-10-11(7-8-17-13)15(21)19-23/h4,6-10,12,23H,3,5H2,1-2H3,(H,18,22)(H,19,21)/t12-/m0/s1. The summed E-state index contributed by atoms with van der Waals surface area (Å²) >= 11 is 0. The van der Waals surface area contributed by atoms with Gasteiger partial charge in [0.05, 0.1) is 11.7 Å². The zero-order chi connectivity index (χ0) is 16.8. The smallest absolute Gasteiger partial charge is 0.274 e. The molecule has 0 aliphatic heterocycles. The summed E-state index contributed by atoms with van der Waals surface area (Å²) in [6.45, 7) is 2.01. The Balaban J connectivity index is 2.23. The Morgan fingerprint density at radius 2 is 2.13 bits per heavy atom. The van der Waals surface area contributed by atoms with E-state index < -0.39 is 5.91 Å². The second-order valence-corrected chi connectivity index (χ2v) is 5.23. The number of nitrogens with zero attached hydrogens (tertiary/aromatic N) is 2. The van der Waals surface area contributed by atoms with Gasteiger partial charge in [-0.1, -0.05) is 13.3 Å². The van der Waals surface area contributed by atoms with Crippen molar-refractivity contribution in [2.45, 2.75) is 25.8 Å². The quantitative estimate of drug-likeness (QED) is 0.559. The molecule has 0 fully saturated rings. The summed E-state index contributed by atoms with van der Waals surface area (Å²) in [4.78, 5) is 28.2. The van der Waals surface area contributed by atoms with Crippen LogP contribution in [0.3, 0.4) is 0 Å². The lowest BCUT2D eigenvalue weighted by Gasteiger charge is -2.18. The molecule has 2 amide bonds. The average molecular weight is 316 g/mol. The van der Waals surface area contributed by atoms with E-state index in [0.29, 0.717) is 17.8 Å². The van der Waals surface area contributed by atoms with Crippen LogP contribution in [0.15, 0.2) is 36.7 Å². The Morgan fingerprint density at radius 1 is 1.35 bits per heavy atom. The van der Waals surface area contributed by atoms with Gasteiger partial charge in [0.15, 0.2) is 0 Å². The lowest BCUT2D eigenvalue weighted by molar-refractivity contribution is 0.0706. The first kappa shape index (κ1) is 16.7. The number of carbonyl (C=O) groups excluding carboxylic acids is 2. The van der Waals surface area contributed by atoms with E-state index in [2.05, 4.69) is 10.3 Å². The van der Waals surface area contributed by atoms with E-state index in [1.807, 2.05) is 6.92 Å². The predicted octanol–water partition coefficient (Wildman–Crippen LogP) is 1.81. The van der Waals surface area contributed by atoms with Gasteiger partial charge in [-0.2, -0.15) is 0 Å². The molecule has 0 bridgehead atoms. The van der Waals surface area contributed by atoms with Crippen molar-refractivity contribution in [1.82, 2.24) is 20.3 Å². The molecule has 1 atom stereocenters. The molecule has 2 rings (SSSR count). The number of aryl methyl sites for hydroxylation is 1. The van der Waals surface area contributed by atoms with Crippen molar-refractivity contribution in [2.24, 2.45) is 7.05 Å².